The third-order valence-electron chi connectivity index (χ3n) is 1.96. The van der Waals surface area contributed by atoms with E-state index in [2.05, 4.69) is 10.6 Å². The van der Waals surface area contributed by atoms with E-state index in [0.29, 0.717) is 0 Å². The number of hydrogen-bond acceptors (Lipinski definition) is 3. The predicted octanol–water partition coefficient (Wildman–Crippen LogP) is 0.688. The Kier molecular flexibility index (Phi) is 4.32. The Balaban J connectivity index is 2.50. The van der Waals surface area contributed by atoms with Crippen LogP contribution in [0.4, 0.5) is 5.69 Å². The number of aliphatic carboxylic acids is 1. The molecule has 1 amide bonds. The molecule has 16 heavy (non-hydrogen) atoms. The SMILES string of the molecule is CC(=O)NC(CNc1ccccc1)C(=O)O. The molecule has 1 rings (SSSR count). The molecule has 5 heteroatoms. The summed E-state index contributed by atoms with van der Waals surface area (Å²) in [5, 5.41) is 14.1. The molecular weight excluding hydrogens is 208 g/mol. The number of carbonyl (C=O) groups is 2. The maximum Gasteiger partial charge on any atom is 0.328 e. The maximum absolute atomic E-state index is 10.8. The number of nitrogens with one attached hydrogen (secondary N) is 2. The molecule has 0 fully saturated rings. The smallest absolute Gasteiger partial charge is 0.328 e. The maximum atomic E-state index is 10.8. The van der Waals surface area contributed by atoms with Crippen molar-refractivity contribution in [3.63, 3.8) is 0 Å². The van der Waals surface area contributed by atoms with Crippen LogP contribution in [0.1, 0.15) is 6.92 Å². The number of anilines is 1. The molecule has 86 valence electrons. The molecule has 1 aromatic rings. The highest BCUT2D eigenvalue weighted by atomic mass is 16.4. The average molecular weight is 222 g/mol. The van der Waals surface area contributed by atoms with E-state index in [1.165, 1.54) is 6.92 Å². The number of benzene rings is 1. The Morgan fingerprint density at radius 3 is 2.44 bits per heavy atom. The minimum Gasteiger partial charge on any atom is -0.480 e. The Labute approximate surface area is 93.5 Å². The molecule has 0 saturated carbocycles. The first-order chi connectivity index (χ1) is 7.59. The number of para-hydroxylation sites is 1. The van der Waals surface area contributed by atoms with Gasteiger partial charge in [0.25, 0.3) is 0 Å². The van der Waals surface area contributed by atoms with Gasteiger partial charge in [0.05, 0.1) is 0 Å². The summed E-state index contributed by atoms with van der Waals surface area (Å²) in [7, 11) is 0. The van der Waals surface area contributed by atoms with Crippen molar-refractivity contribution in [2.75, 3.05) is 11.9 Å². The lowest BCUT2D eigenvalue weighted by atomic mass is 10.2. The molecule has 0 aromatic heterocycles. The van der Waals surface area contributed by atoms with Crippen LogP contribution in [0.25, 0.3) is 0 Å². The molecule has 0 spiro atoms. The van der Waals surface area contributed by atoms with E-state index in [1.807, 2.05) is 30.3 Å². The Morgan fingerprint density at radius 2 is 1.94 bits per heavy atom. The van der Waals surface area contributed by atoms with Crippen LogP contribution in [0.5, 0.6) is 0 Å². The highest BCUT2D eigenvalue weighted by Crippen LogP contribution is 2.04. The van der Waals surface area contributed by atoms with E-state index in [1.54, 1.807) is 0 Å². The van der Waals surface area contributed by atoms with E-state index in [9.17, 15) is 9.59 Å². The summed E-state index contributed by atoms with van der Waals surface area (Å²) in [6.07, 6.45) is 0. The van der Waals surface area contributed by atoms with Gasteiger partial charge >= 0.3 is 5.97 Å². The first kappa shape index (κ1) is 12.0. The first-order valence-corrected chi connectivity index (χ1v) is 4.88. The second-order valence-corrected chi connectivity index (χ2v) is 3.34. The van der Waals surface area contributed by atoms with Gasteiger partial charge in [-0.1, -0.05) is 18.2 Å². The summed E-state index contributed by atoms with van der Waals surface area (Å²) in [6.45, 7) is 1.44. The molecule has 1 aromatic carbocycles. The number of carboxylic acids is 1. The van der Waals surface area contributed by atoms with Crippen molar-refractivity contribution in [3.05, 3.63) is 30.3 Å². The fraction of sp³-hybridized carbons (Fsp3) is 0.273. The molecule has 0 bridgehead atoms. The number of hydrogen-bond donors (Lipinski definition) is 3. The van der Waals surface area contributed by atoms with Crippen LogP contribution in [-0.2, 0) is 9.59 Å². The van der Waals surface area contributed by atoms with E-state index >= 15 is 0 Å². The van der Waals surface area contributed by atoms with Crippen LogP contribution in [0.3, 0.4) is 0 Å². The van der Waals surface area contributed by atoms with Gasteiger partial charge in [0.15, 0.2) is 0 Å². The van der Waals surface area contributed by atoms with Gasteiger partial charge in [-0.05, 0) is 12.1 Å². The summed E-state index contributed by atoms with van der Waals surface area (Å²) in [4.78, 5) is 21.6. The monoisotopic (exact) mass is 222 g/mol. The van der Waals surface area contributed by atoms with Crippen molar-refractivity contribution in [3.8, 4) is 0 Å². The number of amides is 1. The van der Waals surface area contributed by atoms with Crippen molar-refractivity contribution < 1.29 is 14.7 Å². The number of carbonyl (C=O) groups excluding carboxylic acids is 1. The largest absolute Gasteiger partial charge is 0.480 e. The van der Waals surface area contributed by atoms with Crippen LogP contribution in [0.15, 0.2) is 30.3 Å². The molecule has 1 unspecified atom stereocenters. The lowest BCUT2D eigenvalue weighted by molar-refractivity contribution is -0.141. The highest BCUT2D eigenvalue weighted by molar-refractivity contribution is 5.82. The molecule has 0 aliphatic rings. The molecule has 3 N–H and O–H groups in total. The van der Waals surface area contributed by atoms with Gasteiger partial charge in [0.2, 0.25) is 5.91 Å². The lowest BCUT2D eigenvalue weighted by Crippen LogP contribution is -2.44. The van der Waals surface area contributed by atoms with Gasteiger partial charge in [-0.25, -0.2) is 4.79 Å². The van der Waals surface area contributed by atoms with Gasteiger partial charge < -0.3 is 15.7 Å². The van der Waals surface area contributed by atoms with E-state index in [-0.39, 0.29) is 12.5 Å². The van der Waals surface area contributed by atoms with Gasteiger partial charge in [-0.2, -0.15) is 0 Å². The summed E-state index contributed by atoms with van der Waals surface area (Å²) in [5.74, 6) is -1.42. The van der Waals surface area contributed by atoms with Crippen molar-refractivity contribution in [2.45, 2.75) is 13.0 Å². The normalized spacial score (nSPS) is 11.6. The lowest BCUT2D eigenvalue weighted by Gasteiger charge is -2.14. The topological polar surface area (TPSA) is 78.4 Å². The average Bonchev–Trinajstić information content (AvgIpc) is 2.25. The van der Waals surface area contributed by atoms with Gasteiger partial charge in [0.1, 0.15) is 6.04 Å². The quantitative estimate of drug-likeness (QED) is 0.684. The Morgan fingerprint density at radius 1 is 1.31 bits per heavy atom. The summed E-state index contributed by atoms with van der Waals surface area (Å²) < 4.78 is 0. The van der Waals surface area contributed by atoms with E-state index < -0.39 is 12.0 Å². The van der Waals surface area contributed by atoms with E-state index in [4.69, 9.17) is 5.11 Å². The highest BCUT2D eigenvalue weighted by Gasteiger charge is 2.17. The fourth-order valence-electron chi connectivity index (χ4n) is 1.22. The molecule has 1 atom stereocenters. The van der Waals surface area contributed by atoms with Crippen LogP contribution in [-0.4, -0.2) is 29.6 Å². The minimum atomic E-state index is -1.06. The second-order valence-electron chi connectivity index (χ2n) is 3.34. The third-order valence-corrected chi connectivity index (χ3v) is 1.96. The van der Waals surface area contributed by atoms with Crippen molar-refractivity contribution in [2.24, 2.45) is 0 Å². The zero-order chi connectivity index (χ0) is 12.0. The number of rotatable bonds is 5. The van der Waals surface area contributed by atoms with Crippen LogP contribution < -0.4 is 10.6 Å². The van der Waals surface area contributed by atoms with Gasteiger partial charge in [-0.3, -0.25) is 4.79 Å². The standard InChI is InChI=1S/C11H14N2O3/c1-8(14)13-10(11(15)16)7-12-9-5-3-2-4-6-9/h2-6,10,12H,7H2,1H3,(H,13,14)(H,15,16). The van der Waals surface area contributed by atoms with Crippen molar-refractivity contribution in [1.29, 1.82) is 0 Å². The first-order valence-electron chi connectivity index (χ1n) is 4.88. The molecule has 0 heterocycles. The summed E-state index contributed by atoms with van der Waals surface area (Å²) in [6, 6.07) is 8.29. The zero-order valence-corrected chi connectivity index (χ0v) is 8.93. The summed E-state index contributed by atoms with van der Waals surface area (Å²) in [5.41, 5.74) is 0.819. The molecule has 0 saturated heterocycles. The minimum absolute atomic E-state index is 0.152. The third kappa shape index (κ3) is 4.00. The molecule has 0 aliphatic heterocycles. The number of carboxylic acid groups (broad SMARTS) is 1. The molecule has 0 aliphatic carbocycles. The summed E-state index contributed by atoms with van der Waals surface area (Å²) >= 11 is 0. The predicted molar refractivity (Wildman–Crippen MR) is 60.2 cm³/mol. The zero-order valence-electron chi connectivity index (χ0n) is 8.93. The van der Waals surface area contributed by atoms with Crippen LogP contribution in [0.2, 0.25) is 0 Å². The Bertz CT molecular complexity index is 365. The van der Waals surface area contributed by atoms with Gasteiger partial charge in [0, 0.05) is 19.2 Å². The Hall–Kier alpha value is -2.04. The van der Waals surface area contributed by atoms with E-state index in [0.717, 1.165) is 5.69 Å². The van der Waals surface area contributed by atoms with Crippen molar-refractivity contribution >= 4 is 17.6 Å². The van der Waals surface area contributed by atoms with Crippen LogP contribution >= 0.6 is 0 Å². The second kappa shape index (κ2) is 5.75. The van der Waals surface area contributed by atoms with Crippen molar-refractivity contribution in [1.82, 2.24) is 5.32 Å². The molecule has 5 nitrogen and oxygen atoms in total. The fourth-order valence-corrected chi connectivity index (χ4v) is 1.22. The molecule has 0 radical (unpaired) electrons. The molecular formula is C11H14N2O3. The van der Waals surface area contributed by atoms with Gasteiger partial charge in [-0.15, -0.1) is 0 Å². The van der Waals surface area contributed by atoms with Crippen LogP contribution in [0, 0.1) is 0 Å².